The summed E-state index contributed by atoms with van der Waals surface area (Å²) in [5.41, 5.74) is 0. The Kier molecular flexibility index (Phi) is 6.75. The van der Waals surface area contributed by atoms with Gasteiger partial charge in [-0.05, 0) is 26.8 Å². The Morgan fingerprint density at radius 1 is 0.650 bits per heavy atom. The molecule has 0 aromatic carbocycles. The minimum absolute atomic E-state index is 0.712. The van der Waals surface area contributed by atoms with Crippen LogP contribution in [-0.4, -0.2) is 97.6 Å². The van der Waals surface area contributed by atoms with Crippen molar-refractivity contribution in [1.29, 1.82) is 0 Å². The lowest BCUT2D eigenvalue weighted by Gasteiger charge is -2.39. The standard InChI is InChI=1S/C16H34N4/c1-4-5-17-6-8-18(9-7-17)10-11-19-12-14-20(15-13-19)16(2)3/h16H,4-15H2,1-3H3. The summed E-state index contributed by atoms with van der Waals surface area (Å²) in [5, 5.41) is 0. The molecule has 2 heterocycles. The Bertz CT molecular complexity index is 253. The number of rotatable bonds is 6. The summed E-state index contributed by atoms with van der Waals surface area (Å²) in [6.45, 7) is 20.8. The maximum atomic E-state index is 2.65. The SMILES string of the molecule is CCCN1CCN(CCN2CCN(C(C)C)CC2)CC1. The Morgan fingerprint density at radius 3 is 1.45 bits per heavy atom. The van der Waals surface area contributed by atoms with Crippen LogP contribution in [0.5, 0.6) is 0 Å². The monoisotopic (exact) mass is 282 g/mol. The molecule has 4 nitrogen and oxygen atoms in total. The molecule has 0 aromatic heterocycles. The zero-order chi connectivity index (χ0) is 14.4. The van der Waals surface area contributed by atoms with Gasteiger partial charge in [-0.2, -0.15) is 0 Å². The van der Waals surface area contributed by atoms with E-state index in [1.54, 1.807) is 0 Å². The van der Waals surface area contributed by atoms with Crippen molar-refractivity contribution in [3.05, 3.63) is 0 Å². The van der Waals surface area contributed by atoms with Crippen LogP contribution in [0.15, 0.2) is 0 Å². The molecule has 118 valence electrons. The van der Waals surface area contributed by atoms with Gasteiger partial charge in [-0.25, -0.2) is 0 Å². The van der Waals surface area contributed by atoms with Crippen LogP contribution in [0.25, 0.3) is 0 Å². The smallest absolute Gasteiger partial charge is 0.0113 e. The quantitative estimate of drug-likeness (QED) is 0.722. The molecule has 4 heteroatoms. The second-order valence-electron chi connectivity index (χ2n) is 6.65. The predicted molar refractivity (Wildman–Crippen MR) is 86.3 cm³/mol. The first-order valence-corrected chi connectivity index (χ1v) is 8.60. The van der Waals surface area contributed by atoms with Gasteiger partial charge in [0.05, 0.1) is 0 Å². The summed E-state index contributed by atoms with van der Waals surface area (Å²) in [6, 6.07) is 0.712. The Balaban J connectivity index is 1.58. The van der Waals surface area contributed by atoms with E-state index in [2.05, 4.69) is 40.4 Å². The first-order valence-electron chi connectivity index (χ1n) is 8.60. The van der Waals surface area contributed by atoms with Crippen molar-refractivity contribution >= 4 is 0 Å². The summed E-state index contributed by atoms with van der Waals surface area (Å²) in [4.78, 5) is 10.5. The summed E-state index contributed by atoms with van der Waals surface area (Å²) in [5.74, 6) is 0. The molecule has 0 radical (unpaired) electrons. The van der Waals surface area contributed by atoms with Crippen LogP contribution >= 0.6 is 0 Å². The molecule has 0 spiro atoms. The molecular formula is C16H34N4. The topological polar surface area (TPSA) is 13.0 Å². The van der Waals surface area contributed by atoms with Gasteiger partial charge in [0.1, 0.15) is 0 Å². The van der Waals surface area contributed by atoms with Crippen molar-refractivity contribution < 1.29 is 0 Å². The fraction of sp³-hybridized carbons (Fsp3) is 1.00. The van der Waals surface area contributed by atoms with Crippen LogP contribution in [0.4, 0.5) is 0 Å². The molecule has 20 heavy (non-hydrogen) atoms. The highest BCUT2D eigenvalue weighted by Crippen LogP contribution is 2.07. The van der Waals surface area contributed by atoms with E-state index in [1.165, 1.54) is 78.4 Å². The Morgan fingerprint density at radius 2 is 1.05 bits per heavy atom. The molecule has 2 aliphatic rings. The largest absolute Gasteiger partial charge is 0.301 e. The lowest BCUT2D eigenvalue weighted by atomic mass is 10.2. The number of hydrogen-bond donors (Lipinski definition) is 0. The Labute approximate surface area is 125 Å². The van der Waals surface area contributed by atoms with E-state index in [4.69, 9.17) is 0 Å². The molecule has 0 atom stereocenters. The van der Waals surface area contributed by atoms with E-state index >= 15 is 0 Å². The highest BCUT2D eigenvalue weighted by atomic mass is 15.3. The van der Waals surface area contributed by atoms with Gasteiger partial charge < -0.3 is 4.90 Å². The molecule has 2 rings (SSSR count). The third-order valence-electron chi connectivity index (χ3n) is 4.87. The van der Waals surface area contributed by atoms with E-state index in [9.17, 15) is 0 Å². The van der Waals surface area contributed by atoms with Crippen LogP contribution in [0.2, 0.25) is 0 Å². The molecule has 2 aliphatic heterocycles. The lowest BCUT2D eigenvalue weighted by molar-refractivity contribution is 0.0838. The summed E-state index contributed by atoms with van der Waals surface area (Å²) >= 11 is 0. The number of piperazine rings is 2. The molecule has 2 fully saturated rings. The summed E-state index contributed by atoms with van der Waals surface area (Å²) < 4.78 is 0. The van der Waals surface area contributed by atoms with Crippen molar-refractivity contribution in [1.82, 2.24) is 19.6 Å². The van der Waals surface area contributed by atoms with Gasteiger partial charge in [0.2, 0.25) is 0 Å². The van der Waals surface area contributed by atoms with Gasteiger partial charge >= 0.3 is 0 Å². The van der Waals surface area contributed by atoms with Gasteiger partial charge in [-0.15, -0.1) is 0 Å². The second kappa shape index (κ2) is 8.32. The number of nitrogens with zero attached hydrogens (tertiary/aromatic N) is 4. The molecule has 0 bridgehead atoms. The lowest BCUT2D eigenvalue weighted by Crippen LogP contribution is -2.52. The van der Waals surface area contributed by atoms with Crippen LogP contribution in [0.3, 0.4) is 0 Å². The predicted octanol–water partition coefficient (Wildman–Crippen LogP) is 1.04. The minimum Gasteiger partial charge on any atom is -0.301 e. The van der Waals surface area contributed by atoms with Gasteiger partial charge in [0.25, 0.3) is 0 Å². The van der Waals surface area contributed by atoms with Crippen molar-refractivity contribution in [3.63, 3.8) is 0 Å². The van der Waals surface area contributed by atoms with Crippen LogP contribution in [0, 0.1) is 0 Å². The van der Waals surface area contributed by atoms with Crippen LogP contribution < -0.4 is 0 Å². The molecular weight excluding hydrogens is 248 g/mol. The van der Waals surface area contributed by atoms with Crippen LogP contribution in [-0.2, 0) is 0 Å². The molecule has 0 saturated carbocycles. The highest BCUT2D eigenvalue weighted by molar-refractivity contribution is 4.77. The molecule has 0 N–H and O–H groups in total. The third-order valence-corrected chi connectivity index (χ3v) is 4.87. The average Bonchev–Trinajstić information content (AvgIpc) is 2.47. The fourth-order valence-electron chi connectivity index (χ4n) is 3.34. The van der Waals surface area contributed by atoms with Gasteiger partial charge in [0.15, 0.2) is 0 Å². The molecule has 0 amide bonds. The summed E-state index contributed by atoms with van der Waals surface area (Å²) in [6.07, 6.45) is 1.29. The van der Waals surface area contributed by atoms with E-state index in [0.717, 1.165) is 0 Å². The maximum Gasteiger partial charge on any atom is 0.0113 e. The zero-order valence-corrected chi connectivity index (χ0v) is 13.9. The van der Waals surface area contributed by atoms with Crippen molar-refractivity contribution in [2.75, 3.05) is 72.0 Å². The van der Waals surface area contributed by atoms with Gasteiger partial charge in [-0.3, -0.25) is 14.7 Å². The first-order chi connectivity index (χ1) is 9.69. The fourth-order valence-corrected chi connectivity index (χ4v) is 3.34. The van der Waals surface area contributed by atoms with Gasteiger partial charge in [0, 0.05) is 71.5 Å². The van der Waals surface area contributed by atoms with Crippen LogP contribution in [0.1, 0.15) is 27.2 Å². The average molecular weight is 282 g/mol. The summed E-state index contributed by atoms with van der Waals surface area (Å²) in [7, 11) is 0. The van der Waals surface area contributed by atoms with Crippen molar-refractivity contribution in [2.24, 2.45) is 0 Å². The second-order valence-corrected chi connectivity index (χ2v) is 6.65. The van der Waals surface area contributed by atoms with E-state index in [0.29, 0.717) is 6.04 Å². The highest BCUT2D eigenvalue weighted by Gasteiger charge is 2.20. The normalized spacial score (nSPS) is 24.6. The molecule has 0 aliphatic carbocycles. The first kappa shape index (κ1) is 16.2. The van der Waals surface area contributed by atoms with E-state index in [1.807, 2.05) is 0 Å². The van der Waals surface area contributed by atoms with E-state index < -0.39 is 0 Å². The van der Waals surface area contributed by atoms with Crippen molar-refractivity contribution in [3.8, 4) is 0 Å². The Hall–Kier alpha value is -0.160. The third kappa shape index (κ3) is 4.99. The minimum atomic E-state index is 0.712. The zero-order valence-electron chi connectivity index (χ0n) is 13.9. The van der Waals surface area contributed by atoms with E-state index in [-0.39, 0.29) is 0 Å². The molecule has 0 unspecified atom stereocenters. The van der Waals surface area contributed by atoms with Gasteiger partial charge in [-0.1, -0.05) is 6.92 Å². The van der Waals surface area contributed by atoms with Crippen molar-refractivity contribution in [2.45, 2.75) is 33.2 Å². The molecule has 0 aromatic rings. The number of hydrogen-bond acceptors (Lipinski definition) is 4. The maximum absolute atomic E-state index is 2.65. The molecule has 2 saturated heterocycles.